The Morgan fingerprint density at radius 2 is 1.88 bits per heavy atom. The number of ether oxygens (including phenoxy) is 1. The maximum atomic E-state index is 12.1. The summed E-state index contributed by atoms with van der Waals surface area (Å²) in [6.45, 7) is 2.15. The minimum absolute atomic E-state index is 0.290. The van der Waals surface area contributed by atoms with Crippen LogP contribution in [0.15, 0.2) is 47.6 Å². The van der Waals surface area contributed by atoms with Crippen LogP contribution in [-0.4, -0.2) is 32.3 Å². The third-order valence-electron chi connectivity index (χ3n) is 4.41. The Morgan fingerprint density at radius 1 is 1.15 bits per heavy atom. The van der Waals surface area contributed by atoms with Crippen molar-refractivity contribution in [1.82, 2.24) is 5.43 Å². The van der Waals surface area contributed by atoms with Crippen LogP contribution in [0.4, 0.5) is 5.69 Å². The zero-order valence-corrected chi connectivity index (χ0v) is 15.5. The minimum Gasteiger partial charge on any atom is -0.496 e. The molecule has 1 aliphatic rings. The quantitative estimate of drug-likeness (QED) is 0.635. The van der Waals surface area contributed by atoms with Gasteiger partial charge in [0.25, 0.3) is 5.91 Å². The molecule has 0 aliphatic carbocycles. The number of anilines is 1. The molecule has 2 aromatic carbocycles. The summed E-state index contributed by atoms with van der Waals surface area (Å²) in [5.74, 6) is 0.444. The van der Waals surface area contributed by atoms with Crippen molar-refractivity contribution in [3.63, 3.8) is 0 Å². The molecule has 1 fully saturated rings. The van der Waals surface area contributed by atoms with E-state index in [0.29, 0.717) is 10.6 Å². The van der Waals surface area contributed by atoms with E-state index in [1.807, 2.05) is 12.1 Å². The Kier molecular flexibility index (Phi) is 6.12. The molecule has 26 heavy (non-hydrogen) atoms. The smallest absolute Gasteiger partial charge is 0.271 e. The second kappa shape index (κ2) is 8.72. The number of amides is 1. The first kappa shape index (κ1) is 18.3. The Hall–Kier alpha value is -2.53. The lowest BCUT2D eigenvalue weighted by Gasteiger charge is -2.29. The molecular formula is C20H22ClN3O2. The van der Waals surface area contributed by atoms with Crippen molar-refractivity contribution in [2.45, 2.75) is 19.3 Å². The van der Waals surface area contributed by atoms with E-state index in [-0.39, 0.29) is 5.91 Å². The fourth-order valence-corrected chi connectivity index (χ4v) is 3.11. The molecule has 1 saturated heterocycles. The van der Waals surface area contributed by atoms with Gasteiger partial charge in [0.1, 0.15) is 5.75 Å². The van der Waals surface area contributed by atoms with E-state index in [2.05, 4.69) is 21.5 Å². The standard InChI is InChI=1S/C20H22ClN3O2/c1-26-19-13-18(24-11-3-2-4-12-24)10-7-16(19)14-22-23-20(25)15-5-8-17(21)9-6-15/h5-10,13-14H,2-4,11-12H2,1H3,(H,23,25)/b22-14-. The average molecular weight is 372 g/mol. The number of halogens is 1. The molecule has 0 saturated carbocycles. The first-order valence-corrected chi connectivity index (χ1v) is 9.07. The summed E-state index contributed by atoms with van der Waals surface area (Å²) < 4.78 is 5.49. The van der Waals surface area contributed by atoms with Crippen LogP contribution in [0.5, 0.6) is 5.75 Å². The molecule has 3 rings (SSSR count). The van der Waals surface area contributed by atoms with Gasteiger partial charge < -0.3 is 9.64 Å². The predicted molar refractivity (Wildman–Crippen MR) is 106 cm³/mol. The molecule has 0 spiro atoms. The lowest BCUT2D eigenvalue weighted by atomic mass is 10.1. The van der Waals surface area contributed by atoms with Crippen molar-refractivity contribution >= 4 is 29.4 Å². The third-order valence-corrected chi connectivity index (χ3v) is 4.67. The number of rotatable bonds is 5. The highest BCUT2D eigenvalue weighted by Crippen LogP contribution is 2.26. The van der Waals surface area contributed by atoms with Crippen LogP contribution in [0, 0.1) is 0 Å². The first-order valence-electron chi connectivity index (χ1n) is 8.69. The minimum atomic E-state index is -0.290. The number of methoxy groups -OCH3 is 1. The number of hydrazone groups is 1. The summed E-state index contributed by atoms with van der Waals surface area (Å²) >= 11 is 5.82. The number of carbonyl (C=O) groups is 1. The highest BCUT2D eigenvalue weighted by atomic mass is 35.5. The molecule has 2 aromatic rings. The van der Waals surface area contributed by atoms with E-state index in [4.69, 9.17) is 16.3 Å². The van der Waals surface area contributed by atoms with Gasteiger partial charge >= 0.3 is 0 Å². The Balaban J connectivity index is 1.67. The van der Waals surface area contributed by atoms with Gasteiger partial charge in [0.05, 0.1) is 13.3 Å². The maximum absolute atomic E-state index is 12.1. The van der Waals surface area contributed by atoms with E-state index in [0.717, 1.165) is 30.1 Å². The van der Waals surface area contributed by atoms with E-state index < -0.39 is 0 Å². The first-order chi connectivity index (χ1) is 12.7. The summed E-state index contributed by atoms with van der Waals surface area (Å²) in [5.41, 5.74) is 4.98. The molecule has 1 N–H and O–H groups in total. The normalized spacial score (nSPS) is 14.5. The van der Waals surface area contributed by atoms with E-state index in [9.17, 15) is 4.79 Å². The second-order valence-corrected chi connectivity index (χ2v) is 6.62. The van der Waals surface area contributed by atoms with Crippen LogP contribution in [0.3, 0.4) is 0 Å². The molecule has 5 nitrogen and oxygen atoms in total. The number of piperidine rings is 1. The largest absolute Gasteiger partial charge is 0.496 e. The van der Waals surface area contributed by atoms with Crippen LogP contribution in [0.2, 0.25) is 5.02 Å². The van der Waals surface area contributed by atoms with Gasteiger partial charge in [-0.3, -0.25) is 4.79 Å². The van der Waals surface area contributed by atoms with E-state index in [1.54, 1.807) is 37.6 Å². The molecule has 0 unspecified atom stereocenters. The van der Waals surface area contributed by atoms with Crippen LogP contribution in [-0.2, 0) is 0 Å². The summed E-state index contributed by atoms with van der Waals surface area (Å²) in [6, 6.07) is 12.7. The maximum Gasteiger partial charge on any atom is 0.271 e. The molecule has 0 aromatic heterocycles. The fraction of sp³-hybridized carbons (Fsp3) is 0.300. The van der Waals surface area contributed by atoms with Gasteiger partial charge in [-0.05, 0) is 55.7 Å². The van der Waals surface area contributed by atoms with Gasteiger partial charge in [0.2, 0.25) is 0 Å². The lowest BCUT2D eigenvalue weighted by Crippen LogP contribution is -2.29. The topological polar surface area (TPSA) is 53.9 Å². The lowest BCUT2D eigenvalue weighted by molar-refractivity contribution is 0.0955. The molecule has 1 amide bonds. The van der Waals surface area contributed by atoms with E-state index in [1.165, 1.54) is 19.3 Å². The molecule has 0 atom stereocenters. The molecule has 0 radical (unpaired) electrons. The number of benzene rings is 2. The number of carbonyl (C=O) groups excluding carboxylic acids is 1. The summed E-state index contributed by atoms with van der Waals surface area (Å²) in [6.07, 6.45) is 5.34. The molecule has 0 bridgehead atoms. The van der Waals surface area contributed by atoms with Crippen molar-refractivity contribution in [1.29, 1.82) is 0 Å². The monoisotopic (exact) mass is 371 g/mol. The van der Waals surface area contributed by atoms with Gasteiger partial charge in [-0.2, -0.15) is 5.10 Å². The van der Waals surface area contributed by atoms with Gasteiger partial charge in [0, 0.05) is 41.0 Å². The van der Waals surface area contributed by atoms with Crippen molar-refractivity contribution in [2.24, 2.45) is 5.10 Å². The van der Waals surface area contributed by atoms with Gasteiger partial charge in [-0.15, -0.1) is 0 Å². The molecular weight excluding hydrogens is 350 g/mol. The van der Waals surface area contributed by atoms with Crippen LogP contribution < -0.4 is 15.1 Å². The molecule has 6 heteroatoms. The number of nitrogens with one attached hydrogen (secondary N) is 1. The molecule has 136 valence electrons. The van der Waals surface area contributed by atoms with Crippen molar-refractivity contribution in [3.05, 3.63) is 58.6 Å². The fourth-order valence-electron chi connectivity index (χ4n) is 2.98. The van der Waals surface area contributed by atoms with Crippen LogP contribution in [0.25, 0.3) is 0 Å². The Morgan fingerprint density at radius 3 is 2.58 bits per heavy atom. The SMILES string of the molecule is COc1cc(N2CCCCC2)ccc1/C=N\NC(=O)c1ccc(Cl)cc1. The zero-order valence-electron chi connectivity index (χ0n) is 14.7. The highest BCUT2D eigenvalue weighted by Gasteiger charge is 2.13. The van der Waals surface area contributed by atoms with Crippen molar-refractivity contribution in [2.75, 3.05) is 25.1 Å². The van der Waals surface area contributed by atoms with Crippen LogP contribution >= 0.6 is 11.6 Å². The summed E-state index contributed by atoms with van der Waals surface area (Å²) in [7, 11) is 1.64. The van der Waals surface area contributed by atoms with E-state index >= 15 is 0 Å². The van der Waals surface area contributed by atoms with Crippen molar-refractivity contribution < 1.29 is 9.53 Å². The zero-order chi connectivity index (χ0) is 18.4. The number of hydrogen-bond acceptors (Lipinski definition) is 4. The predicted octanol–water partition coefficient (Wildman–Crippen LogP) is 4.10. The van der Waals surface area contributed by atoms with Gasteiger partial charge in [0.15, 0.2) is 0 Å². The molecule has 1 heterocycles. The van der Waals surface area contributed by atoms with Crippen LogP contribution in [0.1, 0.15) is 35.2 Å². The second-order valence-electron chi connectivity index (χ2n) is 6.18. The van der Waals surface area contributed by atoms with Gasteiger partial charge in [-0.1, -0.05) is 11.6 Å². The number of nitrogens with zero attached hydrogens (tertiary/aromatic N) is 2. The average Bonchev–Trinajstić information content (AvgIpc) is 2.69. The van der Waals surface area contributed by atoms with Gasteiger partial charge in [-0.25, -0.2) is 5.43 Å². The summed E-state index contributed by atoms with van der Waals surface area (Å²) in [4.78, 5) is 14.4. The summed E-state index contributed by atoms with van der Waals surface area (Å²) in [5, 5.41) is 4.63. The van der Waals surface area contributed by atoms with Crippen molar-refractivity contribution in [3.8, 4) is 5.75 Å². The Bertz CT molecular complexity index is 784. The highest BCUT2D eigenvalue weighted by molar-refractivity contribution is 6.30. The number of hydrogen-bond donors (Lipinski definition) is 1. The Labute approximate surface area is 158 Å². The third kappa shape index (κ3) is 4.55. The molecule has 1 aliphatic heterocycles.